The Hall–Kier alpha value is -3.19. The number of ketones is 1. The lowest BCUT2D eigenvalue weighted by atomic mass is 10.1. The highest BCUT2D eigenvalue weighted by atomic mass is 32.2. The average molecular weight is 363 g/mol. The Labute approximate surface area is 152 Å². The van der Waals surface area contributed by atoms with Crippen LogP contribution in [0.15, 0.2) is 65.8 Å². The molecule has 0 bridgehead atoms. The van der Waals surface area contributed by atoms with Gasteiger partial charge in [-0.05, 0) is 35.0 Å². The average Bonchev–Trinajstić information content (AvgIpc) is 3.05. The number of H-pyrrole nitrogens is 1. The van der Waals surface area contributed by atoms with Crippen LogP contribution in [0.3, 0.4) is 0 Å². The van der Waals surface area contributed by atoms with Crippen molar-refractivity contribution < 1.29 is 9.72 Å². The Morgan fingerprint density at radius 3 is 2.46 bits per heavy atom. The van der Waals surface area contributed by atoms with Gasteiger partial charge in [0.15, 0.2) is 10.9 Å². The van der Waals surface area contributed by atoms with Gasteiger partial charge in [0.1, 0.15) is 0 Å². The zero-order valence-corrected chi connectivity index (χ0v) is 14.3. The van der Waals surface area contributed by atoms with Crippen LogP contribution in [0.1, 0.15) is 10.4 Å². The number of aromatic amines is 1. The third-order valence-corrected chi connectivity index (χ3v) is 4.94. The van der Waals surface area contributed by atoms with Crippen LogP contribution >= 0.6 is 11.8 Å². The zero-order valence-electron chi connectivity index (χ0n) is 13.5. The largest absolute Gasteiger partial charge is 0.333 e. The number of benzene rings is 3. The lowest BCUT2D eigenvalue weighted by Gasteiger charge is -1.99. The van der Waals surface area contributed by atoms with Gasteiger partial charge in [-0.15, -0.1) is 0 Å². The number of fused-ring (bicyclic) bond motifs is 2. The number of Topliss-reactive ketones (excluding diaryl/α,β-unsaturated/α-hetero) is 1. The molecule has 26 heavy (non-hydrogen) atoms. The van der Waals surface area contributed by atoms with Gasteiger partial charge in [-0.2, -0.15) is 0 Å². The van der Waals surface area contributed by atoms with Gasteiger partial charge in [0.05, 0.1) is 21.7 Å². The molecule has 7 heteroatoms. The number of nitrogens with zero attached hydrogens (tertiary/aromatic N) is 2. The number of non-ortho nitro benzene ring substituents is 1. The molecular weight excluding hydrogens is 350 g/mol. The quantitative estimate of drug-likeness (QED) is 0.242. The summed E-state index contributed by atoms with van der Waals surface area (Å²) in [6.45, 7) is 0. The molecule has 3 aromatic carbocycles. The Morgan fingerprint density at radius 1 is 1.08 bits per heavy atom. The maximum Gasteiger partial charge on any atom is 0.269 e. The first-order chi connectivity index (χ1) is 12.6. The van der Waals surface area contributed by atoms with E-state index in [2.05, 4.69) is 9.97 Å². The molecule has 0 amide bonds. The van der Waals surface area contributed by atoms with Gasteiger partial charge in [0, 0.05) is 17.7 Å². The van der Waals surface area contributed by atoms with Crippen LogP contribution in [-0.4, -0.2) is 26.4 Å². The number of aromatic nitrogens is 2. The van der Waals surface area contributed by atoms with Crippen LogP contribution in [0.2, 0.25) is 0 Å². The number of rotatable bonds is 5. The second-order valence-electron chi connectivity index (χ2n) is 5.77. The molecule has 1 N–H and O–H groups in total. The number of thioether (sulfide) groups is 1. The molecule has 0 saturated carbocycles. The molecule has 0 spiro atoms. The molecule has 0 radical (unpaired) electrons. The van der Waals surface area contributed by atoms with Crippen LogP contribution in [0.5, 0.6) is 0 Å². The number of carbonyl (C=O) groups excluding carboxylic acids is 1. The van der Waals surface area contributed by atoms with Crippen molar-refractivity contribution in [2.75, 3.05) is 5.75 Å². The molecule has 1 aromatic heterocycles. The number of nitro groups is 1. The first-order valence-electron chi connectivity index (χ1n) is 7.89. The van der Waals surface area contributed by atoms with Crippen molar-refractivity contribution in [3.05, 3.63) is 76.3 Å². The number of nitro benzene ring substituents is 1. The Balaban J connectivity index is 1.51. The Morgan fingerprint density at radius 2 is 1.77 bits per heavy atom. The minimum Gasteiger partial charge on any atom is -0.333 e. The van der Waals surface area contributed by atoms with Crippen LogP contribution in [-0.2, 0) is 0 Å². The third kappa shape index (κ3) is 3.16. The van der Waals surface area contributed by atoms with Crippen molar-refractivity contribution in [1.82, 2.24) is 9.97 Å². The van der Waals surface area contributed by atoms with Crippen LogP contribution in [0, 0.1) is 10.1 Å². The summed E-state index contributed by atoms with van der Waals surface area (Å²) in [7, 11) is 0. The van der Waals surface area contributed by atoms with Gasteiger partial charge < -0.3 is 4.98 Å². The lowest BCUT2D eigenvalue weighted by molar-refractivity contribution is -0.384. The van der Waals surface area contributed by atoms with Gasteiger partial charge in [-0.1, -0.05) is 36.0 Å². The molecule has 1 heterocycles. The molecule has 4 aromatic rings. The number of hydrogen-bond donors (Lipinski definition) is 1. The number of carbonyl (C=O) groups is 1. The van der Waals surface area contributed by atoms with Gasteiger partial charge in [-0.25, -0.2) is 4.98 Å². The highest BCUT2D eigenvalue weighted by Gasteiger charge is 2.12. The van der Waals surface area contributed by atoms with Gasteiger partial charge in [0.2, 0.25) is 0 Å². The molecule has 0 saturated heterocycles. The molecule has 0 fully saturated rings. The second kappa shape index (κ2) is 6.61. The molecule has 0 aliphatic heterocycles. The maximum atomic E-state index is 12.3. The zero-order chi connectivity index (χ0) is 18.1. The molecule has 0 aliphatic carbocycles. The maximum absolute atomic E-state index is 12.3. The summed E-state index contributed by atoms with van der Waals surface area (Å²) in [6.07, 6.45) is 0. The monoisotopic (exact) mass is 363 g/mol. The van der Waals surface area contributed by atoms with E-state index in [0.29, 0.717) is 10.7 Å². The number of hydrogen-bond acceptors (Lipinski definition) is 5. The normalized spacial score (nSPS) is 11.1. The second-order valence-corrected chi connectivity index (χ2v) is 6.74. The first kappa shape index (κ1) is 16.3. The van der Waals surface area contributed by atoms with E-state index in [9.17, 15) is 14.9 Å². The summed E-state index contributed by atoms with van der Waals surface area (Å²) in [6, 6.07) is 17.7. The predicted molar refractivity (Wildman–Crippen MR) is 102 cm³/mol. The molecule has 6 nitrogen and oxygen atoms in total. The van der Waals surface area contributed by atoms with Crippen molar-refractivity contribution in [2.45, 2.75) is 5.16 Å². The van der Waals surface area contributed by atoms with Gasteiger partial charge in [-0.3, -0.25) is 14.9 Å². The summed E-state index contributed by atoms with van der Waals surface area (Å²) in [5, 5.41) is 13.6. The molecule has 4 rings (SSSR count). The minimum atomic E-state index is -0.485. The predicted octanol–water partition coefficient (Wildman–Crippen LogP) is 4.60. The smallest absolute Gasteiger partial charge is 0.269 e. The van der Waals surface area contributed by atoms with E-state index in [-0.39, 0.29) is 17.2 Å². The van der Waals surface area contributed by atoms with E-state index in [1.165, 1.54) is 36.0 Å². The Bertz CT molecular complexity index is 1080. The fourth-order valence-electron chi connectivity index (χ4n) is 2.73. The number of nitrogens with one attached hydrogen (secondary N) is 1. The highest BCUT2D eigenvalue weighted by molar-refractivity contribution is 7.99. The molecule has 0 unspecified atom stereocenters. The molecule has 0 atom stereocenters. The lowest BCUT2D eigenvalue weighted by Crippen LogP contribution is -2.02. The van der Waals surface area contributed by atoms with Gasteiger partial charge >= 0.3 is 0 Å². The van der Waals surface area contributed by atoms with Crippen molar-refractivity contribution in [3.63, 3.8) is 0 Å². The number of imidazole rings is 1. The van der Waals surface area contributed by atoms with E-state index in [1.54, 1.807) is 0 Å². The minimum absolute atomic E-state index is 0.0291. The topological polar surface area (TPSA) is 88.9 Å². The molecular formula is C19H13N3O3S. The Kier molecular flexibility index (Phi) is 4.14. The van der Waals surface area contributed by atoms with E-state index in [4.69, 9.17) is 0 Å². The van der Waals surface area contributed by atoms with Crippen LogP contribution < -0.4 is 0 Å². The van der Waals surface area contributed by atoms with E-state index < -0.39 is 4.92 Å². The third-order valence-electron chi connectivity index (χ3n) is 4.07. The highest BCUT2D eigenvalue weighted by Crippen LogP contribution is 2.25. The van der Waals surface area contributed by atoms with E-state index in [0.717, 1.165) is 21.8 Å². The summed E-state index contributed by atoms with van der Waals surface area (Å²) in [5.74, 6) is 0.104. The standard InChI is InChI=1S/C19H13N3O3S/c23-18(12-5-7-15(8-6-12)22(24)25)11-26-19-20-16-9-13-3-1-2-4-14(13)10-17(16)21-19/h1-10H,11H2,(H,20,21). The van der Waals surface area contributed by atoms with Gasteiger partial charge in [0.25, 0.3) is 5.69 Å². The van der Waals surface area contributed by atoms with E-state index in [1.807, 2.05) is 36.4 Å². The van der Waals surface area contributed by atoms with Crippen LogP contribution in [0.25, 0.3) is 21.8 Å². The first-order valence-corrected chi connectivity index (χ1v) is 8.88. The summed E-state index contributed by atoms with van der Waals surface area (Å²) in [5.41, 5.74) is 2.20. The fourth-order valence-corrected chi connectivity index (χ4v) is 3.51. The molecule has 128 valence electrons. The summed E-state index contributed by atoms with van der Waals surface area (Å²) >= 11 is 1.32. The fraction of sp³-hybridized carbons (Fsp3) is 0.0526. The summed E-state index contributed by atoms with van der Waals surface area (Å²) < 4.78 is 0. The van der Waals surface area contributed by atoms with Crippen LogP contribution in [0.4, 0.5) is 5.69 Å². The van der Waals surface area contributed by atoms with Crippen molar-refractivity contribution in [3.8, 4) is 0 Å². The van der Waals surface area contributed by atoms with Crippen molar-refractivity contribution in [1.29, 1.82) is 0 Å². The molecule has 0 aliphatic rings. The van der Waals surface area contributed by atoms with Crippen molar-refractivity contribution >= 4 is 45.0 Å². The summed E-state index contributed by atoms with van der Waals surface area (Å²) in [4.78, 5) is 30.2. The SMILES string of the molecule is O=C(CSc1nc2cc3ccccc3cc2[nH]1)c1ccc([N+](=O)[O-])cc1. The van der Waals surface area contributed by atoms with E-state index >= 15 is 0 Å². The van der Waals surface area contributed by atoms with Crippen molar-refractivity contribution in [2.24, 2.45) is 0 Å².